The lowest BCUT2D eigenvalue weighted by Gasteiger charge is -2.14. The fourth-order valence-corrected chi connectivity index (χ4v) is 2.83. The largest absolute Gasteiger partial charge is 0.462 e. The van der Waals surface area contributed by atoms with Crippen molar-refractivity contribution in [2.24, 2.45) is 0 Å². The van der Waals surface area contributed by atoms with Gasteiger partial charge in [-0.25, -0.2) is 9.48 Å². The van der Waals surface area contributed by atoms with Crippen molar-refractivity contribution in [3.8, 4) is 5.69 Å². The predicted octanol–water partition coefficient (Wildman–Crippen LogP) is 3.24. The molecule has 1 aromatic carbocycles. The number of carbonyl (C=O) groups is 2. The Labute approximate surface area is 163 Å². The zero-order chi connectivity index (χ0) is 20.1. The van der Waals surface area contributed by atoms with E-state index in [-0.39, 0.29) is 11.9 Å². The smallest absolute Gasteiger partial charge is 0.341 e. The second-order valence-corrected chi connectivity index (χ2v) is 6.30. The standard InChI is InChI=1S/C21H22N4O3/c1-4-28-21(27)19-13-23-25(15(19)3)18-9-7-16(8-10-18)20(26)24-14(2)17-6-5-11-22-12-17/h5-14H,4H2,1-3H3,(H,24,26). The summed E-state index contributed by atoms with van der Waals surface area (Å²) in [5.74, 6) is -0.570. The molecule has 1 unspecified atom stereocenters. The third-order valence-corrected chi connectivity index (χ3v) is 4.41. The Bertz CT molecular complexity index is 965. The zero-order valence-corrected chi connectivity index (χ0v) is 16.0. The average molecular weight is 378 g/mol. The highest BCUT2D eigenvalue weighted by atomic mass is 16.5. The van der Waals surface area contributed by atoms with Crippen LogP contribution in [0.5, 0.6) is 0 Å². The molecule has 2 aromatic heterocycles. The highest BCUT2D eigenvalue weighted by Crippen LogP contribution is 2.17. The van der Waals surface area contributed by atoms with Gasteiger partial charge in [0.1, 0.15) is 5.56 Å². The number of nitrogens with one attached hydrogen (secondary N) is 1. The van der Waals surface area contributed by atoms with Crippen LogP contribution < -0.4 is 5.32 Å². The fraction of sp³-hybridized carbons (Fsp3) is 0.238. The summed E-state index contributed by atoms with van der Waals surface area (Å²) in [6.07, 6.45) is 4.92. The summed E-state index contributed by atoms with van der Waals surface area (Å²) < 4.78 is 6.68. The van der Waals surface area contributed by atoms with E-state index in [2.05, 4.69) is 15.4 Å². The van der Waals surface area contributed by atoms with Crippen LogP contribution in [-0.2, 0) is 4.74 Å². The molecule has 0 fully saturated rings. The number of esters is 1. The second-order valence-electron chi connectivity index (χ2n) is 6.30. The number of pyridine rings is 1. The molecule has 1 N–H and O–H groups in total. The van der Waals surface area contributed by atoms with Crippen LogP contribution in [0.25, 0.3) is 5.69 Å². The van der Waals surface area contributed by atoms with Gasteiger partial charge < -0.3 is 10.1 Å². The molecule has 1 atom stereocenters. The van der Waals surface area contributed by atoms with Crippen LogP contribution in [0.3, 0.4) is 0 Å². The van der Waals surface area contributed by atoms with Gasteiger partial charge in [-0.15, -0.1) is 0 Å². The molecule has 1 amide bonds. The van der Waals surface area contributed by atoms with Crippen LogP contribution in [0.15, 0.2) is 55.0 Å². The van der Waals surface area contributed by atoms with Gasteiger partial charge in [0.05, 0.1) is 30.2 Å². The maximum Gasteiger partial charge on any atom is 0.341 e. The van der Waals surface area contributed by atoms with E-state index in [0.29, 0.717) is 23.4 Å². The Hall–Kier alpha value is -3.48. The lowest BCUT2D eigenvalue weighted by molar-refractivity contribution is 0.0525. The molecule has 7 heteroatoms. The van der Waals surface area contributed by atoms with Gasteiger partial charge in [0, 0.05) is 18.0 Å². The normalized spacial score (nSPS) is 11.7. The molecule has 0 aliphatic rings. The molecule has 0 bridgehead atoms. The molecule has 144 valence electrons. The van der Waals surface area contributed by atoms with Crippen molar-refractivity contribution in [2.45, 2.75) is 26.8 Å². The van der Waals surface area contributed by atoms with Gasteiger partial charge in [-0.2, -0.15) is 5.10 Å². The van der Waals surface area contributed by atoms with Crippen molar-refractivity contribution in [2.75, 3.05) is 6.61 Å². The summed E-state index contributed by atoms with van der Waals surface area (Å²) in [5.41, 5.74) is 3.33. The highest BCUT2D eigenvalue weighted by molar-refractivity contribution is 5.94. The number of rotatable bonds is 6. The van der Waals surface area contributed by atoms with E-state index in [9.17, 15) is 9.59 Å². The van der Waals surface area contributed by atoms with E-state index in [1.165, 1.54) is 6.20 Å². The molecule has 0 spiro atoms. The van der Waals surface area contributed by atoms with Crippen LogP contribution in [0.4, 0.5) is 0 Å². The Morgan fingerprint density at radius 2 is 1.93 bits per heavy atom. The summed E-state index contributed by atoms with van der Waals surface area (Å²) in [6.45, 7) is 5.78. The molecular weight excluding hydrogens is 356 g/mol. The van der Waals surface area contributed by atoms with Crippen LogP contribution in [-0.4, -0.2) is 33.2 Å². The summed E-state index contributed by atoms with van der Waals surface area (Å²) in [4.78, 5) is 28.5. The average Bonchev–Trinajstić information content (AvgIpc) is 3.10. The van der Waals surface area contributed by atoms with Crippen molar-refractivity contribution < 1.29 is 14.3 Å². The fourth-order valence-electron chi connectivity index (χ4n) is 2.83. The van der Waals surface area contributed by atoms with E-state index in [0.717, 1.165) is 11.3 Å². The molecule has 0 saturated carbocycles. The van der Waals surface area contributed by atoms with E-state index < -0.39 is 5.97 Å². The van der Waals surface area contributed by atoms with Crippen LogP contribution >= 0.6 is 0 Å². The summed E-state index contributed by atoms with van der Waals surface area (Å²) in [7, 11) is 0. The third kappa shape index (κ3) is 4.09. The molecule has 28 heavy (non-hydrogen) atoms. The van der Waals surface area contributed by atoms with Crippen LogP contribution in [0, 0.1) is 6.92 Å². The topological polar surface area (TPSA) is 86.1 Å². The summed E-state index contributed by atoms with van der Waals surface area (Å²) in [6, 6.07) is 10.6. The number of carbonyl (C=O) groups excluding carboxylic acids is 2. The van der Waals surface area contributed by atoms with Crippen molar-refractivity contribution >= 4 is 11.9 Å². The maximum atomic E-state index is 12.5. The zero-order valence-electron chi connectivity index (χ0n) is 16.0. The van der Waals surface area contributed by atoms with Gasteiger partial charge in [-0.3, -0.25) is 9.78 Å². The number of amides is 1. The van der Waals surface area contributed by atoms with Gasteiger partial charge >= 0.3 is 5.97 Å². The summed E-state index contributed by atoms with van der Waals surface area (Å²) >= 11 is 0. The van der Waals surface area contributed by atoms with Crippen molar-refractivity contribution in [3.05, 3.63) is 77.4 Å². The lowest BCUT2D eigenvalue weighted by Crippen LogP contribution is -2.26. The minimum Gasteiger partial charge on any atom is -0.462 e. The van der Waals surface area contributed by atoms with E-state index in [1.54, 1.807) is 55.2 Å². The number of aromatic nitrogens is 3. The summed E-state index contributed by atoms with van der Waals surface area (Å²) in [5, 5.41) is 7.21. The highest BCUT2D eigenvalue weighted by Gasteiger charge is 2.17. The van der Waals surface area contributed by atoms with Crippen LogP contribution in [0.2, 0.25) is 0 Å². The van der Waals surface area contributed by atoms with Gasteiger partial charge in [0.2, 0.25) is 0 Å². The Balaban J connectivity index is 1.73. The monoisotopic (exact) mass is 378 g/mol. The predicted molar refractivity (Wildman–Crippen MR) is 104 cm³/mol. The van der Waals surface area contributed by atoms with Gasteiger partial charge in [0.15, 0.2) is 0 Å². The minimum absolute atomic E-state index is 0.152. The molecule has 0 aliphatic carbocycles. The molecule has 0 aliphatic heterocycles. The molecule has 3 rings (SSSR count). The van der Waals surface area contributed by atoms with Gasteiger partial charge in [-0.05, 0) is 56.7 Å². The number of ether oxygens (including phenoxy) is 1. The Morgan fingerprint density at radius 1 is 1.18 bits per heavy atom. The SMILES string of the molecule is CCOC(=O)c1cnn(-c2ccc(C(=O)NC(C)c3cccnc3)cc2)c1C. The first-order valence-electron chi connectivity index (χ1n) is 9.04. The van der Waals surface area contributed by atoms with Crippen molar-refractivity contribution in [3.63, 3.8) is 0 Å². The molecular formula is C21H22N4O3. The molecule has 0 radical (unpaired) electrons. The Kier molecular flexibility index (Phi) is 5.84. The quantitative estimate of drug-likeness (QED) is 0.666. The number of benzene rings is 1. The molecule has 2 heterocycles. The first-order valence-corrected chi connectivity index (χ1v) is 9.04. The lowest BCUT2D eigenvalue weighted by atomic mass is 10.1. The van der Waals surface area contributed by atoms with Gasteiger partial charge in [0.25, 0.3) is 5.91 Å². The van der Waals surface area contributed by atoms with Crippen LogP contribution in [0.1, 0.15) is 51.9 Å². The van der Waals surface area contributed by atoms with E-state index in [1.807, 2.05) is 19.1 Å². The second kappa shape index (κ2) is 8.47. The van der Waals surface area contributed by atoms with E-state index in [4.69, 9.17) is 4.74 Å². The first kappa shape index (κ1) is 19.3. The maximum absolute atomic E-state index is 12.5. The van der Waals surface area contributed by atoms with Gasteiger partial charge in [-0.1, -0.05) is 6.07 Å². The number of nitrogens with zero attached hydrogens (tertiary/aromatic N) is 3. The van der Waals surface area contributed by atoms with Crippen molar-refractivity contribution in [1.82, 2.24) is 20.1 Å². The molecule has 3 aromatic rings. The van der Waals surface area contributed by atoms with E-state index >= 15 is 0 Å². The molecule has 7 nitrogen and oxygen atoms in total. The third-order valence-electron chi connectivity index (χ3n) is 4.41. The number of hydrogen-bond donors (Lipinski definition) is 1. The minimum atomic E-state index is -0.397. The number of hydrogen-bond acceptors (Lipinski definition) is 5. The molecule has 0 saturated heterocycles. The first-order chi connectivity index (χ1) is 13.5. The van der Waals surface area contributed by atoms with Crippen molar-refractivity contribution in [1.29, 1.82) is 0 Å². The Morgan fingerprint density at radius 3 is 2.57 bits per heavy atom.